The summed E-state index contributed by atoms with van der Waals surface area (Å²) in [5.41, 5.74) is 16.1. The molecule has 3 unspecified atom stereocenters. The standard InChI is InChI=1S/C22H22F3N3O4.C21H19FN2O2.C21H17NO5.C19H19FN2O3S.C11H8N2O2/c23-22(24,25)15-3-1-2-13(6-15)8-27-20(29)16-10-26-11-17(16)21(30)28-9-14-4-5-18-19(7-14)32-12-31-18;1-13-18(21(23)25)11-19(15-4-6-17(22)7-5-15)24(13)12-14-2-3-16-8-9-26-20(16)10-14;23-19(13-6-7-13)17-20(24)18(12-4-2-1-3-5-12)22(21(17)25)14-8-9-15-16(10-14)27-11-26-15;20-14-4-2-13(3-5-14)15-9-26-10-16(22-15)19(23)21-8-12-1-6-17-18(7-12)25-11-24-17;1-2-10-11(15-7-14-10)5-8(1)9-3-4-12-6-13-9/h1-7,16-17,26H,8-12H2,(H,27,29)(H,28,30);2-7,10-11H,8-9,12H2,1H3,(H2,23,25);1-5,8-10,13,18,23H,6-7,11H2;1-7,15-16,22H,8-11H2,(H,21,23);1-6H,7H2/t16-,17?;;;15?,16-;/m0..0./s1. The third-order valence-corrected chi connectivity index (χ3v) is 23.4. The second-order valence-corrected chi connectivity index (χ2v) is 31.6. The van der Waals surface area contributed by atoms with E-state index in [-0.39, 0.29) is 97.9 Å². The molecule has 0 bridgehead atoms. The number of nitrogens with two attached hydrogens (primary N) is 1. The first-order chi connectivity index (χ1) is 61.1. The van der Waals surface area contributed by atoms with Crippen LogP contribution in [-0.4, -0.2) is 119 Å². The third-order valence-electron chi connectivity index (χ3n) is 22.3. The Morgan fingerprint density at radius 1 is 0.563 bits per heavy atom. The zero-order valence-electron chi connectivity index (χ0n) is 67.8. The number of fused-ring (bicyclic) bond motifs is 5. The molecule has 9 aliphatic rings. The molecular weight excluding hydrogens is 1650 g/mol. The molecule has 0 spiro atoms. The summed E-state index contributed by atoms with van der Waals surface area (Å²) < 4.78 is 115. The number of carbonyl (C=O) groups is 6. The lowest BCUT2D eigenvalue weighted by Gasteiger charge is -2.30. The van der Waals surface area contributed by atoms with Crippen LogP contribution in [0.1, 0.15) is 85.5 Å². The average molecular weight is 1740 g/mol. The number of aromatic nitrogens is 3. The number of Topliss-reactive ketones (excluding diaryl/α,β-unsaturated/α-hetero) is 1. The van der Waals surface area contributed by atoms with Crippen LogP contribution in [0.4, 0.5) is 27.6 Å². The van der Waals surface area contributed by atoms with Crippen LogP contribution in [0.2, 0.25) is 0 Å². The molecule has 11 aromatic rings. The van der Waals surface area contributed by atoms with Gasteiger partial charge >= 0.3 is 6.18 Å². The highest BCUT2D eigenvalue weighted by molar-refractivity contribution is 7.99. The Bertz CT molecular complexity index is 5910. The maximum Gasteiger partial charge on any atom is 0.416 e. The fourth-order valence-electron chi connectivity index (χ4n) is 15.4. The van der Waals surface area contributed by atoms with Crippen molar-refractivity contribution in [2.24, 2.45) is 23.5 Å². The van der Waals surface area contributed by atoms with Crippen molar-refractivity contribution in [2.45, 2.75) is 76.7 Å². The molecule has 8 aliphatic heterocycles. The van der Waals surface area contributed by atoms with E-state index in [9.17, 15) is 55.8 Å². The van der Waals surface area contributed by atoms with Gasteiger partial charge in [0.25, 0.3) is 11.8 Å². The number of aliphatic hydroxyl groups excluding tert-OH is 1. The zero-order valence-corrected chi connectivity index (χ0v) is 68.6. The minimum Gasteiger partial charge on any atom is -0.511 e. The Morgan fingerprint density at radius 2 is 1.12 bits per heavy atom. The predicted molar refractivity (Wildman–Crippen MR) is 453 cm³/mol. The molecule has 9 aromatic carbocycles. The van der Waals surface area contributed by atoms with E-state index in [4.69, 9.17) is 48.4 Å². The summed E-state index contributed by atoms with van der Waals surface area (Å²) in [7, 11) is 0. The Morgan fingerprint density at radius 3 is 1.72 bits per heavy atom. The molecule has 20 rings (SSSR count). The van der Waals surface area contributed by atoms with Crippen molar-refractivity contribution in [3.8, 4) is 74.3 Å². The topological polar surface area (TPSA) is 326 Å². The number of rotatable bonds is 18. The molecule has 126 heavy (non-hydrogen) atoms. The quantitative estimate of drug-likeness (QED) is 0.0182. The highest BCUT2D eigenvalue weighted by Crippen LogP contribution is 2.47. The van der Waals surface area contributed by atoms with Gasteiger partial charge in [-0.2, -0.15) is 24.9 Å². The maximum atomic E-state index is 13.3. The number of nitrogens with one attached hydrogen (secondary N) is 5. The first kappa shape index (κ1) is 85.6. The van der Waals surface area contributed by atoms with Gasteiger partial charge in [0.15, 0.2) is 51.8 Å². The lowest BCUT2D eigenvalue weighted by Crippen LogP contribution is -2.50. The van der Waals surface area contributed by atoms with Crippen LogP contribution in [-0.2, 0) is 62.7 Å². The molecule has 0 radical (unpaired) electrons. The molecule has 1 aliphatic carbocycles. The molecule has 8 N–H and O–H groups in total. The smallest absolute Gasteiger partial charge is 0.416 e. The third kappa shape index (κ3) is 20.1. The van der Waals surface area contributed by atoms with Gasteiger partial charge in [-0.3, -0.25) is 39.0 Å². The first-order valence-corrected chi connectivity index (χ1v) is 41.7. The fourth-order valence-corrected chi connectivity index (χ4v) is 16.6. The van der Waals surface area contributed by atoms with Gasteiger partial charge in [0.2, 0.25) is 44.9 Å². The number of hydrogen-bond acceptors (Lipinski definition) is 21. The summed E-state index contributed by atoms with van der Waals surface area (Å²) in [5, 5.41) is 25.3. The summed E-state index contributed by atoms with van der Waals surface area (Å²) in [6, 6.07) is 57.3. The SMILES string of the molecule is Cc1c(C(N)=O)cc(-c2ccc(F)cc2)n1Cc1ccc2c(c1)OCC2.O=C(NCc1ccc2c(c1)OCO2)C1CNC[C@@H]1C(=O)NCc1cccc(C(F)(F)F)c1.O=C(NCc1ccc2c(c1)OCO2)[C@@H]1CSCC(c2ccc(F)cc2)N1.O=C1C(=C(O)C2CC2)C(=O)N(c2ccc3c(c2)OCO3)C1c1ccccc1.c1cc(-c2ccc3c(c2)OCO3)ncn1. The molecule has 4 fully saturated rings. The van der Waals surface area contributed by atoms with Gasteiger partial charge in [0.05, 0.1) is 41.3 Å². The Hall–Kier alpha value is -14.0. The van der Waals surface area contributed by atoms with Crippen LogP contribution in [0.3, 0.4) is 0 Å². The van der Waals surface area contributed by atoms with Gasteiger partial charge in [-0.25, -0.2) is 18.7 Å². The van der Waals surface area contributed by atoms with E-state index < -0.39 is 41.4 Å². The zero-order chi connectivity index (χ0) is 87.5. The predicted octanol–water partition coefficient (Wildman–Crippen LogP) is 13.7. The molecule has 2 aromatic heterocycles. The van der Waals surface area contributed by atoms with Crippen molar-refractivity contribution in [3.05, 3.63) is 298 Å². The van der Waals surface area contributed by atoms with Gasteiger partial charge in [-0.15, -0.1) is 0 Å². The normalized spacial score (nSPS) is 18.5. The van der Waals surface area contributed by atoms with Crippen molar-refractivity contribution >= 4 is 52.8 Å². The number of nitrogens with zero attached hydrogens (tertiary/aromatic N) is 4. The number of allylic oxidation sites excluding steroid dienone is 1. The van der Waals surface area contributed by atoms with Crippen molar-refractivity contribution in [1.29, 1.82) is 0 Å². The number of halogens is 5. The van der Waals surface area contributed by atoms with Crippen LogP contribution < -0.4 is 79.8 Å². The molecule has 5 amide bonds. The van der Waals surface area contributed by atoms with Gasteiger partial charge in [0.1, 0.15) is 41.1 Å². The number of ketones is 1. The summed E-state index contributed by atoms with van der Waals surface area (Å²) in [4.78, 5) is 85.5. The average Bonchev–Trinajstić information content (AvgIpc) is 1.61. The van der Waals surface area contributed by atoms with Crippen molar-refractivity contribution in [2.75, 3.05) is 63.3 Å². The van der Waals surface area contributed by atoms with Crippen molar-refractivity contribution in [3.63, 3.8) is 0 Å². The second kappa shape index (κ2) is 38.4. The molecule has 1 saturated carbocycles. The number of carbonyl (C=O) groups excluding carboxylic acids is 6. The molecule has 3 saturated heterocycles. The number of ether oxygens (including phenoxy) is 9. The largest absolute Gasteiger partial charge is 0.511 e. The lowest BCUT2D eigenvalue weighted by atomic mass is 9.94. The summed E-state index contributed by atoms with van der Waals surface area (Å²) in [6.45, 7) is 5.28. The summed E-state index contributed by atoms with van der Waals surface area (Å²) >= 11 is 1.72. The molecule has 32 heteroatoms. The van der Waals surface area contributed by atoms with Crippen LogP contribution >= 0.6 is 11.8 Å². The van der Waals surface area contributed by atoms with Gasteiger partial charge < -0.3 is 79.3 Å². The second-order valence-electron chi connectivity index (χ2n) is 30.6. The highest BCUT2D eigenvalue weighted by atomic mass is 32.2. The van der Waals surface area contributed by atoms with Gasteiger partial charge in [-0.05, 0) is 186 Å². The molecule has 648 valence electrons. The number of benzene rings is 9. The fraction of sp³-hybridized carbons (Fsp3) is 0.255. The highest BCUT2D eigenvalue weighted by Gasteiger charge is 2.49. The van der Waals surface area contributed by atoms with E-state index >= 15 is 0 Å². The monoisotopic (exact) mass is 1740 g/mol. The van der Waals surface area contributed by atoms with Crippen LogP contribution in [0.15, 0.2) is 230 Å². The number of anilines is 1. The van der Waals surface area contributed by atoms with E-state index in [1.807, 2.05) is 96.4 Å². The Labute approximate surface area is 723 Å². The Kier molecular flexibility index (Phi) is 26.1. The number of alkyl halides is 3. The number of hydrogen-bond donors (Lipinski definition) is 7. The van der Waals surface area contributed by atoms with E-state index in [1.165, 1.54) is 53.2 Å². The maximum absolute atomic E-state index is 13.3. The lowest BCUT2D eigenvalue weighted by molar-refractivity contribution is -0.137. The molecule has 5 atom stereocenters. The first-order valence-electron chi connectivity index (χ1n) is 40.6. The number of primary amides is 1. The summed E-state index contributed by atoms with van der Waals surface area (Å²) in [5.74, 6) is 3.98. The number of amides is 5. The van der Waals surface area contributed by atoms with Crippen molar-refractivity contribution in [1.82, 2.24) is 41.1 Å². The summed E-state index contributed by atoms with van der Waals surface area (Å²) in [6.07, 6.45) is 1.33. The molecule has 26 nitrogen and oxygen atoms in total. The molecule has 10 heterocycles. The van der Waals surface area contributed by atoms with Gasteiger partial charge in [0, 0.05) is 104 Å². The minimum atomic E-state index is -4.45. The van der Waals surface area contributed by atoms with Crippen LogP contribution in [0, 0.1) is 36.3 Å². The van der Waals surface area contributed by atoms with Crippen molar-refractivity contribution < 1.29 is 98.5 Å². The Balaban J connectivity index is 0.000000118. The van der Waals surface area contributed by atoms with E-state index in [0.29, 0.717) is 96.5 Å². The minimum absolute atomic E-state index is 0.0376. The number of thioether (sulfide) groups is 1. The van der Waals surface area contributed by atoms with E-state index in [0.717, 1.165) is 111 Å². The molecular formula is C94H85F5N10O16S. The van der Waals surface area contributed by atoms with Gasteiger partial charge in [-0.1, -0.05) is 78.9 Å². The van der Waals surface area contributed by atoms with E-state index in [1.54, 1.807) is 78.6 Å². The van der Waals surface area contributed by atoms with Crippen LogP contribution in [0.25, 0.3) is 22.5 Å². The van der Waals surface area contributed by atoms with Crippen LogP contribution in [0.5, 0.6) is 51.7 Å². The number of aliphatic hydroxyl groups is 1. The van der Waals surface area contributed by atoms with E-state index in [2.05, 4.69) is 48.7 Å².